The molecule has 0 aliphatic carbocycles. The number of thioether (sulfide) groups is 1. The summed E-state index contributed by atoms with van der Waals surface area (Å²) >= 11 is 12.8. The normalized spacial score (nSPS) is 14.0. The average molecular weight is 603 g/mol. The molecule has 0 aromatic heterocycles. The minimum atomic E-state index is -0.650. The van der Waals surface area contributed by atoms with Crippen LogP contribution in [0.2, 0.25) is 10.0 Å². The van der Waals surface area contributed by atoms with Crippen LogP contribution in [0.4, 0.5) is 14.9 Å². The van der Waals surface area contributed by atoms with Crippen LogP contribution in [0.25, 0.3) is 6.08 Å². The van der Waals surface area contributed by atoms with E-state index in [0.717, 1.165) is 4.90 Å². The van der Waals surface area contributed by atoms with Crippen LogP contribution in [0.15, 0.2) is 65.6 Å². The largest absolute Gasteiger partial charge is 0.489 e. The summed E-state index contributed by atoms with van der Waals surface area (Å²) in [6.45, 7) is 1.16. The summed E-state index contributed by atoms with van der Waals surface area (Å²) in [4.78, 5) is 51.0. The molecule has 3 aromatic rings. The second kappa shape index (κ2) is 13.0. The number of hydrogen-bond acceptors (Lipinski definition) is 7. The number of anilines is 1. The number of carbonyl (C=O) groups excluding carboxylic acids is 4. The zero-order valence-corrected chi connectivity index (χ0v) is 23.2. The van der Waals surface area contributed by atoms with Crippen LogP contribution in [-0.2, 0) is 20.9 Å². The molecule has 0 bridgehead atoms. The van der Waals surface area contributed by atoms with Gasteiger partial charge in [-0.15, -0.1) is 0 Å². The lowest BCUT2D eigenvalue weighted by Crippen LogP contribution is -2.36. The first kappa shape index (κ1) is 29.1. The van der Waals surface area contributed by atoms with E-state index in [2.05, 4.69) is 5.32 Å². The number of ether oxygens (including phenoxy) is 2. The molecule has 0 unspecified atom stereocenters. The number of nitrogens with zero attached hydrogens (tertiary/aromatic N) is 1. The van der Waals surface area contributed by atoms with Crippen molar-refractivity contribution in [3.05, 3.63) is 98.1 Å². The molecule has 3 amide bonds. The molecular formula is C28H21Cl2FN2O6S. The van der Waals surface area contributed by atoms with E-state index in [1.54, 1.807) is 37.3 Å². The van der Waals surface area contributed by atoms with Gasteiger partial charge in [-0.25, -0.2) is 9.18 Å². The van der Waals surface area contributed by atoms with Gasteiger partial charge in [-0.1, -0.05) is 41.4 Å². The highest BCUT2D eigenvalue weighted by Gasteiger charge is 2.36. The van der Waals surface area contributed by atoms with Crippen molar-refractivity contribution in [2.45, 2.75) is 13.5 Å². The fraction of sp³-hybridized carbons (Fsp3) is 0.143. The van der Waals surface area contributed by atoms with E-state index in [1.165, 1.54) is 36.4 Å². The number of benzene rings is 3. The Morgan fingerprint density at radius 2 is 1.82 bits per heavy atom. The van der Waals surface area contributed by atoms with Gasteiger partial charge in [0.05, 0.1) is 27.1 Å². The molecule has 8 nitrogen and oxygen atoms in total. The molecule has 4 rings (SSSR count). The van der Waals surface area contributed by atoms with Crippen molar-refractivity contribution in [3.8, 4) is 5.75 Å². The molecule has 12 heteroatoms. The molecule has 1 aliphatic heterocycles. The summed E-state index contributed by atoms with van der Waals surface area (Å²) in [6.07, 6.45) is 1.50. The summed E-state index contributed by atoms with van der Waals surface area (Å²) in [7, 11) is 0. The number of imide groups is 1. The van der Waals surface area contributed by atoms with Crippen molar-refractivity contribution in [2.75, 3.05) is 18.5 Å². The van der Waals surface area contributed by atoms with Gasteiger partial charge in [-0.3, -0.25) is 19.3 Å². The van der Waals surface area contributed by atoms with Crippen molar-refractivity contribution >= 4 is 69.8 Å². The zero-order chi connectivity index (χ0) is 28.8. The lowest BCUT2D eigenvalue weighted by Gasteiger charge is -2.13. The van der Waals surface area contributed by atoms with E-state index >= 15 is 0 Å². The Hall–Kier alpha value is -3.86. The van der Waals surface area contributed by atoms with Gasteiger partial charge in [0, 0.05) is 11.3 Å². The van der Waals surface area contributed by atoms with E-state index in [4.69, 9.17) is 32.7 Å². The minimum absolute atomic E-state index is 0.0682. The molecule has 0 saturated carbocycles. The quantitative estimate of drug-likeness (QED) is 0.218. The molecule has 3 aromatic carbocycles. The highest BCUT2D eigenvalue weighted by atomic mass is 35.5. The fourth-order valence-corrected chi connectivity index (χ4v) is 4.87. The number of rotatable bonds is 9. The summed E-state index contributed by atoms with van der Waals surface area (Å²) < 4.78 is 24.6. The smallest absolute Gasteiger partial charge is 0.339 e. The lowest BCUT2D eigenvalue weighted by atomic mass is 10.2. The monoisotopic (exact) mass is 602 g/mol. The third-order valence-electron chi connectivity index (χ3n) is 5.52. The van der Waals surface area contributed by atoms with Gasteiger partial charge in [0.1, 0.15) is 24.7 Å². The zero-order valence-electron chi connectivity index (χ0n) is 20.9. The van der Waals surface area contributed by atoms with Crippen LogP contribution >= 0.6 is 35.0 Å². The Balaban J connectivity index is 1.41. The molecule has 1 saturated heterocycles. The van der Waals surface area contributed by atoms with Crippen LogP contribution in [0.5, 0.6) is 5.75 Å². The van der Waals surface area contributed by atoms with Crippen LogP contribution in [0, 0.1) is 5.82 Å². The first-order valence-electron chi connectivity index (χ1n) is 11.8. The molecule has 0 radical (unpaired) electrons. The first-order chi connectivity index (χ1) is 19.2. The molecule has 40 heavy (non-hydrogen) atoms. The maximum Gasteiger partial charge on any atom is 0.339 e. The highest BCUT2D eigenvalue weighted by molar-refractivity contribution is 8.18. The number of halogens is 3. The molecule has 206 valence electrons. The number of carbonyl (C=O) groups is 4. The van der Waals surface area contributed by atoms with Crippen molar-refractivity contribution in [3.63, 3.8) is 0 Å². The van der Waals surface area contributed by atoms with Crippen LogP contribution in [0.1, 0.15) is 28.4 Å². The topological polar surface area (TPSA) is 102 Å². The van der Waals surface area contributed by atoms with Crippen LogP contribution in [-0.4, -0.2) is 41.1 Å². The molecule has 0 atom stereocenters. The predicted molar refractivity (Wildman–Crippen MR) is 151 cm³/mol. The predicted octanol–water partition coefficient (Wildman–Crippen LogP) is 6.56. The van der Waals surface area contributed by atoms with Gasteiger partial charge < -0.3 is 14.8 Å². The second-order valence-corrected chi connectivity index (χ2v) is 10.1. The van der Waals surface area contributed by atoms with E-state index in [1.807, 2.05) is 0 Å². The van der Waals surface area contributed by atoms with Gasteiger partial charge in [-0.2, -0.15) is 0 Å². The van der Waals surface area contributed by atoms with Crippen molar-refractivity contribution < 1.29 is 33.0 Å². The Bertz CT molecular complexity index is 1510. The third-order valence-corrected chi connectivity index (χ3v) is 7.11. The summed E-state index contributed by atoms with van der Waals surface area (Å²) in [5.74, 6) is -2.03. The number of hydrogen-bond donors (Lipinski definition) is 1. The SMILES string of the molecule is CCOC(=O)c1cc(NC(=O)CN2C(=O)S/C(=C/c3cccc(OCc4c(F)cccc4Cl)c3)C2=O)ccc1Cl. The summed E-state index contributed by atoms with van der Waals surface area (Å²) in [5, 5.41) is 2.33. The van der Waals surface area contributed by atoms with Crippen LogP contribution < -0.4 is 10.1 Å². The lowest BCUT2D eigenvalue weighted by molar-refractivity contribution is -0.127. The number of nitrogens with one attached hydrogen (secondary N) is 1. The Kier molecular flexibility index (Phi) is 9.46. The molecule has 0 spiro atoms. The summed E-state index contributed by atoms with van der Waals surface area (Å²) in [6, 6.07) is 15.3. The van der Waals surface area contributed by atoms with Gasteiger partial charge in [0.25, 0.3) is 11.1 Å². The van der Waals surface area contributed by atoms with E-state index in [-0.39, 0.29) is 45.0 Å². The van der Waals surface area contributed by atoms with Crippen molar-refractivity contribution in [2.24, 2.45) is 0 Å². The molecule has 1 aliphatic rings. The van der Waals surface area contributed by atoms with Gasteiger partial charge >= 0.3 is 5.97 Å². The second-order valence-electron chi connectivity index (χ2n) is 8.29. The van der Waals surface area contributed by atoms with Crippen molar-refractivity contribution in [1.29, 1.82) is 0 Å². The first-order valence-corrected chi connectivity index (χ1v) is 13.4. The van der Waals surface area contributed by atoms with E-state index in [9.17, 15) is 23.6 Å². The number of esters is 1. The van der Waals surface area contributed by atoms with E-state index < -0.39 is 35.4 Å². The highest BCUT2D eigenvalue weighted by Crippen LogP contribution is 2.33. The summed E-state index contributed by atoms with van der Waals surface area (Å²) in [5.41, 5.74) is 1.08. The van der Waals surface area contributed by atoms with E-state index in [0.29, 0.717) is 23.1 Å². The fourth-order valence-electron chi connectivity index (χ4n) is 3.62. The third kappa shape index (κ3) is 7.01. The Morgan fingerprint density at radius 3 is 2.58 bits per heavy atom. The molecule has 1 fully saturated rings. The Morgan fingerprint density at radius 1 is 1.05 bits per heavy atom. The van der Waals surface area contributed by atoms with Gasteiger partial charge in [0.15, 0.2) is 0 Å². The Labute approximate surface area is 243 Å². The maximum absolute atomic E-state index is 14.0. The van der Waals surface area contributed by atoms with Crippen molar-refractivity contribution in [1.82, 2.24) is 4.90 Å². The van der Waals surface area contributed by atoms with Crippen LogP contribution in [0.3, 0.4) is 0 Å². The minimum Gasteiger partial charge on any atom is -0.489 e. The van der Waals surface area contributed by atoms with Gasteiger partial charge in [0.2, 0.25) is 5.91 Å². The molecule has 1 N–H and O–H groups in total. The molecular weight excluding hydrogens is 582 g/mol. The van der Waals surface area contributed by atoms with Gasteiger partial charge in [-0.05, 0) is 72.8 Å². The average Bonchev–Trinajstić information content (AvgIpc) is 3.17. The maximum atomic E-state index is 14.0. The number of amides is 3. The molecule has 1 heterocycles. The standard InChI is InChI=1S/C28H21Cl2FN2O6S/c1-2-38-27(36)19-13-17(9-10-22(19)30)32-25(34)14-33-26(35)24(40-28(33)37)12-16-5-3-6-18(11-16)39-15-20-21(29)7-4-8-23(20)31/h3-13H,2,14-15H2,1H3,(H,32,34)/b24-12+.